The van der Waals surface area contributed by atoms with Gasteiger partial charge in [-0.2, -0.15) is 0 Å². The van der Waals surface area contributed by atoms with Gasteiger partial charge in [0.15, 0.2) is 5.76 Å². The Morgan fingerprint density at radius 1 is 1.26 bits per heavy atom. The molecule has 2 aromatic rings. The molecule has 0 unspecified atom stereocenters. The van der Waals surface area contributed by atoms with Gasteiger partial charge < -0.3 is 9.32 Å². The second-order valence-corrected chi connectivity index (χ2v) is 5.13. The van der Waals surface area contributed by atoms with Gasteiger partial charge in [-0.1, -0.05) is 17.7 Å². The molecular weight excluding hydrogens is 238 g/mol. The SMILES string of the molecule is Cc1ccc2c(c1)CCCN2C(=O)c1occc1C. The topological polar surface area (TPSA) is 33.5 Å². The number of amides is 1. The molecule has 1 aromatic heterocycles. The molecular formula is C16H17NO2. The summed E-state index contributed by atoms with van der Waals surface area (Å²) < 4.78 is 5.33. The molecule has 1 aliphatic heterocycles. The van der Waals surface area contributed by atoms with Crippen LogP contribution in [0.5, 0.6) is 0 Å². The van der Waals surface area contributed by atoms with E-state index in [1.165, 1.54) is 11.1 Å². The Kier molecular flexibility index (Phi) is 2.90. The first-order chi connectivity index (χ1) is 9.16. The molecule has 98 valence electrons. The van der Waals surface area contributed by atoms with Crippen molar-refractivity contribution in [3.05, 3.63) is 53.0 Å². The van der Waals surface area contributed by atoms with Crippen LogP contribution in [0.4, 0.5) is 5.69 Å². The molecule has 19 heavy (non-hydrogen) atoms. The normalized spacial score (nSPS) is 14.3. The standard InChI is InChI=1S/C16H17NO2/c1-11-5-6-14-13(10-11)4-3-8-17(14)16(18)15-12(2)7-9-19-15/h5-7,9-10H,3-4,8H2,1-2H3. The third-order valence-electron chi connectivity index (χ3n) is 3.66. The van der Waals surface area contributed by atoms with Crippen LogP contribution >= 0.6 is 0 Å². The molecule has 0 N–H and O–H groups in total. The van der Waals surface area contributed by atoms with E-state index in [1.54, 1.807) is 6.26 Å². The zero-order chi connectivity index (χ0) is 13.4. The predicted octanol–water partition coefficient (Wildman–Crippen LogP) is 3.49. The van der Waals surface area contributed by atoms with Crippen LogP contribution in [-0.4, -0.2) is 12.5 Å². The first kappa shape index (κ1) is 12.0. The lowest BCUT2D eigenvalue weighted by atomic mass is 9.99. The van der Waals surface area contributed by atoms with Gasteiger partial charge in [-0.05, 0) is 44.4 Å². The maximum atomic E-state index is 12.6. The molecule has 1 amide bonds. The van der Waals surface area contributed by atoms with Gasteiger partial charge in [0.1, 0.15) is 0 Å². The third-order valence-corrected chi connectivity index (χ3v) is 3.66. The van der Waals surface area contributed by atoms with Crippen molar-refractivity contribution in [2.24, 2.45) is 0 Å². The van der Waals surface area contributed by atoms with Crippen molar-refractivity contribution in [2.75, 3.05) is 11.4 Å². The summed E-state index contributed by atoms with van der Waals surface area (Å²) in [6.45, 7) is 4.74. The Morgan fingerprint density at radius 2 is 2.11 bits per heavy atom. The summed E-state index contributed by atoms with van der Waals surface area (Å²) in [6, 6.07) is 8.09. The highest BCUT2D eigenvalue weighted by molar-refractivity contribution is 6.05. The third kappa shape index (κ3) is 2.05. The quantitative estimate of drug-likeness (QED) is 0.781. The van der Waals surface area contributed by atoms with Crippen LogP contribution < -0.4 is 4.90 Å². The van der Waals surface area contributed by atoms with Crippen molar-refractivity contribution in [2.45, 2.75) is 26.7 Å². The first-order valence-corrected chi connectivity index (χ1v) is 6.62. The van der Waals surface area contributed by atoms with Crippen LogP contribution in [0.2, 0.25) is 0 Å². The minimum absolute atomic E-state index is 0.0349. The fourth-order valence-corrected chi connectivity index (χ4v) is 2.65. The highest BCUT2D eigenvalue weighted by Gasteiger charge is 2.26. The van der Waals surface area contributed by atoms with E-state index in [2.05, 4.69) is 19.1 Å². The predicted molar refractivity (Wildman–Crippen MR) is 74.6 cm³/mol. The Hall–Kier alpha value is -2.03. The van der Waals surface area contributed by atoms with Gasteiger partial charge in [0, 0.05) is 17.8 Å². The van der Waals surface area contributed by atoms with E-state index in [0.717, 1.165) is 30.6 Å². The van der Waals surface area contributed by atoms with Crippen molar-refractivity contribution in [3.8, 4) is 0 Å². The smallest absolute Gasteiger partial charge is 0.294 e. The maximum absolute atomic E-state index is 12.6. The highest BCUT2D eigenvalue weighted by Crippen LogP contribution is 2.29. The van der Waals surface area contributed by atoms with E-state index in [9.17, 15) is 4.79 Å². The fourth-order valence-electron chi connectivity index (χ4n) is 2.65. The summed E-state index contributed by atoms with van der Waals surface area (Å²) in [5.74, 6) is 0.417. The van der Waals surface area contributed by atoms with Gasteiger partial charge in [0.25, 0.3) is 5.91 Å². The monoisotopic (exact) mass is 255 g/mol. The summed E-state index contributed by atoms with van der Waals surface area (Å²) in [4.78, 5) is 14.4. The Labute approximate surface area is 112 Å². The molecule has 0 bridgehead atoms. The molecule has 0 spiro atoms. The fraction of sp³-hybridized carbons (Fsp3) is 0.312. The van der Waals surface area contributed by atoms with Gasteiger partial charge >= 0.3 is 0 Å². The lowest BCUT2D eigenvalue weighted by Gasteiger charge is -2.29. The molecule has 0 atom stereocenters. The van der Waals surface area contributed by atoms with Gasteiger partial charge in [-0.3, -0.25) is 4.79 Å². The number of hydrogen-bond donors (Lipinski definition) is 0. The lowest BCUT2D eigenvalue weighted by molar-refractivity contribution is 0.0957. The number of rotatable bonds is 1. The summed E-state index contributed by atoms with van der Waals surface area (Å²) >= 11 is 0. The van der Waals surface area contributed by atoms with Crippen LogP contribution in [0.3, 0.4) is 0 Å². The summed E-state index contributed by atoms with van der Waals surface area (Å²) in [5, 5.41) is 0. The Balaban J connectivity index is 2.00. The van der Waals surface area contributed by atoms with Crippen LogP contribution in [0.25, 0.3) is 0 Å². The molecule has 0 radical (unpaired) electrons. The minimum Gasteiger partial charge on any atom is -0.459 e. The van der Waals surface area contributed by atoms with Crippen molar-refractivity contribution < 1.29 is 9.21 Å². The van der Waals surface area contributed by atoms with Gasteiger partial charge in [-0.15, -0.1) is 0 Å². The number of nitrogens with zero attached hydrogens (tertiary/aromatic N) is 1. The van der Waals surface area contributed by atoms with Gasteiger partial charge in [-0.25, -0.2) is 0 Å². The molecule has 0 saturated carbocycles. The Bertz CT molecular complexity index is 627. The summed E-state index contributed by atoms with van der Waals surface area (Å²) in [6.07, 6.45) is 3.61. The zero-order valence-corrected chi connectivity index (χ0v) is 11.3. The number of hydrogen-bond acceptors (Lipinski definition) is 2. The number of aryl methyl sites for hydroxylation is 3. The van der Waals surface area contributed by atoms with E-state index in [-0.39, 0.29) is 5.91 Å². The molecule has 3 heteroatoms. The Morgan fingerprint density at radius 3 is 2.84 bits per heavy atom. The molecule has 1 aromatic carbocycles. The van der Waals surface area contributed by atoms with Crippen LogP contribution in [0.1, 0.15) is 33.7 Å². The van der Waals surface area contributed by atoms with E-state index >= 15 is 0 Å². The van der Waals surface area contributed by atoms with Crippen molar-refractivity contribution >= 4 is 11.6 Å². The van der Waals surface area contributed by atoms with E-state index in [1.807, 2.05) is 24.0 Å². The second-order valence-electron chi connectivity index (χ2n) is 5.13. The number of carbonyl (C=O) groups excluding carboxylic acids is 1. The molecule has 0 saturated heterocycles. The van der Waals surface area contributed by atoms with Crippen molar-refractivity contribution in [1.29, 1.82) is 0 Å². The van der Waals surface area contributed by atoms with Crippen LogP contribution in [0.15, 0.2) is 34.9 Å². The average molecular weight is 255 g/mol. The summed E-state index contributed by atoms with van der Waals surface area (Å²) in [7, 11) is 0. The first-order valence-electron chi connectivity index (χ1n) is 6.62. The number of fused-ring (bicyclic) bond motifs is 1. The van der Waals surface area contributed by atoms with E-state index < -0.39 is 0 Å². The van der Waals surface area contributed by atoms with E-state index in [4.69, 9.17) is 4.42 Å². The lowest BCUT2D eigenvalue weighted by Crippen LogP contribution is -2.35. The zero-order valence-electron chi connectivity index (χ0n) is 11.3. The molecule has 3 rings (SSSR count). The van der Waals surface area contributed by atoms with Crippen molar-refractivity contribution in [1.82, 2.24) is 0 Å². The highest BCUT2D eigenvalue weighted by atomic mass is 16.3. The van der Waals surface area contributed by atoms with Crippen LogP contribution in [0, 0.1) is 13.8 Å². The van der Waals surface area contributed by atoms with Crippen LogP contribution in [-0.2, 0) is 6.42 Å². The maximum Gasteiger partial charge on any atom is 0.294 e. The molecule has 2 heterocycles. The second kappa shape index (κ2) is 4.57. The molecule has 0 fully saturated rings. The number of furan rings is 1. The minimum atomic E-state index is -0.0349. The number of carbonyl (C=O) groups is 1. The number of benzene rings is 1. The molecule has 1 aliphatic rings. The van der Waals surface area contributed by atoms with Crippen molar-refractivity contribution in [3.63, 3.8) is 0 Å². The van der Waals surface area contributed by atoms with Gasteiger partial charge in [0.05, 0.1) is 6.26 Å². The average Bonchev–Trinajstić information content (AvgIpc) is 2.83. The largest absolute Gasteiger partial charge is 0.459 e. The molecule has 0 aliphatic carbocycles. The molecule has 3 nitrogen and oxygen atoms in total. The number of anilines is 1. The summed E-state index contributed by atoms with van der Waals surface area (Å²) in [5.41, 5.74) is 4.41. The van der Waals surface area contributed by atoms with E-state index in [0.29, 0.717) is 5.76 Å². The van der Waals surface area contributed by atoms with Gasteiger partial charge in [0.2, 0.25) is 0 Å².